The van der Waals surface area contributed by atoms with Crippen LogP contribution in [0.4, 0.5) is 5.69 Å². The van der Waals surface area contributed by atoms with Gasteiger partial charge >= 0.3 is 5.69 Å². The fraction of sp³-hybridized carbons (Fsp3) is 0.500. The first-order valence-corrected chi connectivity index (χ1v) is 7.14. The summed E-state index contributed by atoms with van der Waals surface area (Å²) in [4.78, 5) is 22.3. The van der Waals surface area contributed by atoms with E-state index in [4.69, 9.17) is 16.3 Å². The smallest absolute Gasteiger partial charge is 0.311 e. The molecule has 0 heterocycles. The van der Waals surface area contributed by atoms with Gasteiger partial charge in [-0.2, -0.15) is 0 Å². The van der Waals surface area contributed by atoms with E-state index in [1.807, 2.05) is 13.8 Å². The third-order valence-corrected chi connectivity index (χ3v) is 3.14. The maximum Gasteiger partial charge on any atom is 0.311 e. The van der Waals surface area contributed by atoms with Crippen molar-refractivity contribution < 1.29 is 14.5 Å². The van der Waals surface area contributed by atoms with Crippen LogP contribution >= 0.6 is 11.6 Å². The van der Waals surface area contributed by atoms with Gasteiger partial charge in [0.2, 0.25) is 0 Å². The highest BCUT2D eigenvalue weighted by Gasteiger charge is 2.22. The molecule has 1 rings (SSSR count). The highest BCUT2D eigenvalue weighted by Crippen LogP contribution is 2.30. The van der Waals surface area contributed by atoms with Gasteiger partial charge in [0.25, 0.3) is 5.91 Å². The van der Waals surface area contributed by atoms with E-state index in [0.717, 1.165) is 12.8 Å². The number of hydrogen-bond donors (Lipinski definition) is 1. The molecule has 2 unspecified atom stereocenters. The van der Waals surface area contributed by atoms with Gasteiger partial charge in [-0.05, 0) is 26.3 Å². The molecule has 1 N–H and O–H groups in total. The van der Waals surface area contributed by atoms with Crippen molar-refractivity contribution in [3.8, 4) is 5.75 Å². The lowest BCUT2D eigenvalue weighted by molar-refractivity contribution is -0.386. The summed E-state index contributed by atoms with van der Waals surface area (Å²) in [7, 11) is 0. The molecule has 1 aromatic rings. The third kappa shape index (κ3) is 5.23. The Balaban J connectivity index is 2.78. The lowest BCUT2D eigenvalue weighted by Crippen LogP contribution is -2.41. The molecule has 0 aliphatic rings. The van der Waals surface area contributed by atoms with Crippen LogP contribution in [0.15, 0.2) is 18.2 Å². The maximum atomic E-state index is 12.0. The Hall–Kier alpha value is -1.82. The van der Waals surface area contributed by atoms with Crippen LogP contribution in [-0.4, -0.2) is 23.0 Å². The van der Waals surface area contributed by atoms with Crippen LogP contribution in [-0.2, 0) is 4.79 Å². The summed E-state index contributed by atoms with van der Waals surface area (Å²) in [6.45, 7) is 5.46. The molecule has 0 radical (unpaired) electrons. The summed E-state index contributed by atoms with van der Waals surface area (Å²) in [5.41, 5.74) is -0.222. The lowest BCUT2D eigenvalue weighted by Gasteiger charge is -2.18. The SMILES string of the molecule is CCCC(C)NC(=O)C(C)Oc1cc(Cl)ccc1[N+](=O)[O-]. The van der Waals surface area contributed by atoms with Gasteiger partial charge in [0, 0.05) is 23.2 Å². The summed E-state index contributed by atoms with van der Waals surface area (Å²) in [5.74, 6) is -0.330. The molecule has 7 heteroatoms. The van der Waals surface area contributed by atoms with Gasteiger partial charge in [-0.3, -0.25) is 14.9 Å². The number of benzene rings is 1. The molecule has 1 aromatic carbocycles. The molecule has 21 heavy (non-hydrogen) atoms. The molecule has 1 amide bonds. The number of amides is 1. The molecule has 0 saturated heterocycles. The summed E-state index contributed by atoms with van der Waals surface area (Å²) < 4.78 is 5.39. The monoisotopic (exact) mass is 314 g/mol. The Morgan fingerprint density at radius 2 is 2.14 bits per heavy atom. The van der Waals surface area contributed by atoms with Crippen molar-refractivity contribution >= 4 is 23.2 Å². The Labute approximate surface area is 128 Å². The summed E-state index contributed by atoms with van der Waals surface area (Å²) in [6.07, 6.45) is 0.966. The minimum absolute atomic E-state index is 0.0155. The number of nitrogens with zero attached hydrogens (tertiary/aromatic N) is 1. The van der Waals surface area contributed by atoms with Crippen molar-refractivity contribution in [2.24, 2.45) is 0 Å². The molecule has 0 aliphatic heterocycles. The summed E-state index contributed by atoms with van der Waals surface area (Å²) in [5, 5.41) is 14.0. The number of hydrogen-bond acceptors (Lipinski definition) is 4. The molecule has 0 aromatic heterocycles. The number of nitro groups is 1. The first kappa shape index (κ1) is 17.2. The van der Waals surface area contributed by atoms with Crippen molar-refractivity contribution in [2.75, 3.05) is 0 Å². The van der Waals surface area contributed by atoms with Gasteiger partial charge in [-0.15, -0.1) is 0 Å². The molecule has 0 spiro atoms. The standard InChI is InChI=1S/C14H19ClN2O4/c1-4-5-9(2)16-14(18)10(3)21-13-8-11(15)6-7-12(13)17(19)20/h6-10H,4-5H2,1-3H3,(H,16,18). The van der Waals surface area contributed by atoms with E-state index >= 15 is 0 Å². The Morgan fingerprint density at radius 1 is 1.48 bits per heavy atom. The number of rotatable bonds is 7. The van der Waals surface area contributed by atoms with Crippen LogP contribution < -0.4 is 10.1 Å². The molecule has 0 saturated carbocycles. The number of nitro benzene ring substituents is 1. The Kier molecular flexibility index (Phi) is 6.42. The highest BCUT2D eigenvalue weighted by molar-refractivity contribution is 6.30. The molecular weight excluding hydrogens is 296 g/mol. The van der Waals surface area contributed by atoms with Crippen LogP contribution in [0.1, 0.15) is 33.6 Å². The predicted molar refractivity (Wildman–Crippen MR) is 80.7 cm³/mol. The molecule has 6 nitrogen and oxygen atoms in total. The van der Waals surface area contributed by atoms with E-state index in [-0.39, 0.29) is 23.4 Å². The third-order valence-electron chi connectivity index (χ3n) is 2.90. The quantitative estimate of drug-likeness (QED) is 0.618. The topological polar surface area (TPSA) is 81.5 Å². The number of halogens is 1. The predicted octanol–water partition coefficient (Wildman–Crippen LogP) is 3.32. The second-order valence-electron chi connectivity index (χ2n) is 4.83. The van der Waals surface area contributed by atoms with Gasteiger partial charge in [-0.1, -0.05) is 24.9 Å². The van der Waals surface area contributed by atoms with E-state index in [2.05, 4.69) is 5.32 Å². The second-order valence-corrected chi connectivity index (χ2v) is 5.26. The summed E-state index contributed by atoms with van der Waals surface area (Å²) >= 11 is 5.81. The molecule has 0 bridgehead atoms. The molecule has 116 valence electrons. The van der Waals surface area contributed by atoms with Crippen molar-refractivity contribution in [2.45, 2.75) is 45.8 Å². The van der Waals surface area contributed by atoms with Crippen LogP contribution in [0.3, 0.4) is 0 Å². The number of nitrogens with one attached hydrogen (secondary N) is 1. The van der Waals surface area contributed by atoms with Crippen LogP contribution in [0.2, 0.25) is 5.02 Å². The minimum Gasteiger partial charge on any atom is -0.474 e. The average Bonchev–Trinajstić information content (AvgIpc) is 2.38. The van der Waals surface area contributed by atoms with E-state index < -0.39 is 11.0 Å². The van der Waals surface area contributed by atoms with Gasteiger partial charge in [0.05, 0.1) is 4.92 Å². The van der Waals surface area contributed by atoms with E-state index in [9.17, 15) is 14.9 Å². The fourth-order valence-electron chi connectivity index (χ4n) is 1.84. The van der Waals surface area contributed by atoms with Crippen molar-refractivity contribution in [1.82, 2.24) is 5.32 Å². The highest BCUT2D eigenvalue weighted by atomic mass is 35.5. The molecule has 2 atom stereocenters. The zero-order valence-corrected chi connectivity index (χ0v) is 13.0. The van der Waals surface area contributed by atoms with Gasteiger partial charge in [0.15, 0.2) is 11.9 Å². The van der Waals surface area contributed by atoms with Gasteiger partial charge < -0.3 is 10.1 Å². The van der Waals surface area contributed by atoms with Crippen LogP contribution in [0.5, 0.6) is 5.75 Å². The van der Waals surface area contributed by atoms with Crippen molar-refractivity contribution in [3.63, 3.8) is 0 Å². The largest absolute Gasteiger partial charge is 0.474 e. The lowest BCUT2D eigenvalue weighted by atomic mass is 10.2. The Morgan fingerprint density at radius 3 is 2.71 bits per heavy atom. The van der Waals surface area contributed by atoms with Crippen LogP contribution in [0.25, 0.3) is 0 Å². The normalized spacial score (nSPS) is 13.3. The first-order valence-electron chi connectivity index (χ1n) is 6.76. The number of carbonyl (C=O) groups excluding carboxylic acids is 1. The molecule has 0 aliphatic carbocycles. The average molecular weight is 315 g/mol. The van der Waals surface area contributed by atoms with Gasteiger partial charge in [-0.25, -0.2) is 0 Å². The van der Waals surface area contributed by atoms with E-state index in [1.165, 1.54) is 18.2 Å². The number of ether oxygens (including phenoxy) is 1. The van der Waals surface area contributed by atoms with Crippen molar-refractivity contribution in [1.29, 1.82) is 0 Å². The van der Waals surface area contributed by atoms with Crippen molar-refractivity contribution in [3.05, 3.63) is 33.3 Å². The first-order chi connectivity index (χ1) is 9.85. The number of carbonyl (C=O) groups is 1. The minimum atomic E-state index is -0.846. The zero-order valence-electron chi connectivity index (χ0n) is 12.3. The fourth-order valence-corrected chi connectivity index (χ4v) is 2.00. The molecular formula is C14H19ClN2O4. The zero-order chi connectivity index (χ0) is 16.0. The van der Waals surface area contributed by atoms with Crippen LogP contribution in [0, 0.1) is 10.1 Å². The second kappa shape index (κ2) is 7.83. The molecule has 0 fully saturated rings. The Bertz CT molecular complexity index is 522. The maximum absolute atomic E-state index is 12.0. The summed E-state index contributed by atoms with van der Waals surface area (Å²) in [6, 6.07) is 4.02. The van der Waals surface area contributed by atoms with E-state index in [0.29, 0.717) is 5.02 Å². The van der Waals surface area contributed by atoms with Gasteiger partial charge in [0.1, 0.15) is 0 Å². The van der Waals surface area contributed by atoms with E-state index in [1.54, 1.807) is 6.92 Å².